The predicted molar refractivity (Wildman–Crippen MR) is 151 cm³/mol. The molecule has 2 aliphatic heterocycles. The van der Waals surface area contributed by atoms with Crippen molar-refractivity contribution in [2.45, 2.75) is 50.2 Å². The number of hydrogen-bond donors (Lipinski definition) is 6. The number of aliphatic hydroxyl groups excluding tert-OH is 2. The topological polar surface area (TPSA) is 126 Å². The maximum atomic E-state index is 13.6. The minimum absolute atomic E-state index is 0.263. The highest BCUT2D eigenvalue weighted by molar-refractivity contribution is 5.96. The molecule has 0 saturated carbocycles. The number of amides is 2. The molecule has 3 aromatic rings. The van der Waals surface area contributed by atoms with Gasteiger partial charge in [0.2, 0.25) is 11.8 Å². The summed E-state index contributed by atoms with van der Waals surface area (Å²) in [4.78, 5) is 27.0. The Labute approximate surface area is 232 Å². The van der Waals surface area contributed by atoms with Crippen molar-refractivity contribution >= 4 is 28.9 Å². The first-order valence-corrected chi connectivity index (χ1v) is 13.5. The van der Waals surface area contributed by atoms with Crippen LogP contribution in [0.2, 0.25) is 0 Å². The molecule has 2 aliphatic rings. The van der Waals surface area contributed by atoms with Crippen molar-refractivity contribution in [2.75, 3.05) is 28.6 Å². The van der Waals surface area contributed by atoms with Crippen LogP contribution < -0.4 is 26.2 Å². The summed E-state index contributed by atoms with van der Waals surface area (Å²) in [5.41, 5.74) is 4.11. The quantitative estimate of drug-likeness (QED) is 0.243. The molecule has 6 N–H and O–H groups in total. The van der Waals surface area contributed by atoms with E-state index in [4.69, 9.17) is 0 Å². The molecule has 2 fully saturated rings. The lowest BCUT2D eigenvalue weighted by atomic mass is 10.1. The summed E-state index contributed by atoms with van der Waals surface area (Å²) in [5, 5.41) is 31.6. The molecule has 0 bridgehead atoms. The highest BCUT2D eigenvalue weighted by Crippen LogP contribution is 2.23. The number of aliphatic hydroxyl groups is 2. The SMILES string of the molecule is O=C(Nc1ccc(CN(Cc2ccc(NC(=O)C3NCCC3O)cc2)c2ccc(F)cc2)cc1)C1NCCC1O. The molecule has 9 nitrogen and oxygen atoms in total. The van der Waals surface area contributed by atoms with E-state index in [0.29, 0.717) is 50.4 Å². The van der Waals surface area contributed by atoms with Crippen molar-refractivity contribution < 1.29 is 24.2 Å². The normalized spacial score (nSPS) is 22.2. The van der Waals surface area contributed by atoms with Gasteiger partial charge in [-0.2, -0.15) is 0 Å². The largest absolute Gasteiger partial charge is 0.391 e. The summed E-state index contributed by atoms with van der Waals surface area (Å²) < 4.78 is 13.6. The predicted octanol–water partition coefficient (Wildman–Crippen LogP) is 2.36. The highest BCUT2D eigenvalue weighted by Gasteiger charge is 2.32. The third-order valence-corrected chi connectivity index (χ3v) is 7.32. The summed E-state index contributed by atoms with van der Waals surface area (Å²) in [5.74, 6) is -0.838. The lowest BCUT2D eigenvalue weighted by Gasteiger charge is -2.26. The van der Waals surface area contributed by atoms with Gasteiger partial charge in [0.25, 0.3) is 0 Å². The van der Waals surface area contributed by atoms with E-state index < -0.39 is 24.3 Å². The third kappa shape index (κ3) is 6.83. The Morgan fingerprint density at radius 2 is 1.15 bits per heavy atom. The minimum Gasteiger partial charge on any atom is -0.391 e. The Hall–Kier alpha value is -3.83. The van der Waals surface area contributed by atoms with Crippen LogP contribution >= 0.6 is 0 Å². The Bertz CT molecular complexity index is 1220. The average molecular weight is 548 g/mol. The molecule has 0 radical (unpaired) electrons. The fraction of sp³-hybridized carbons (Fsp3) is 0.333. The van der Waals surface area contributed by atoms with Gasteiger partial charge in [0, 0.05) is 30.2 Å². The molecule has 5 rings (SSSR count). The van der Waals surface area contributed by atoms with Gasteiger partial charge in [-0.25, -0.2) is 4.39 Å². The van der Waals surface area contributed by atoms with E-state index in [2.05, 4.69) is 26.2 Å². The second kappa shape index (κ2) is 12.6. The molecule has 40 heavy (non-hydrogen) atoms. The molecule has 10 heteroatoms. The van der Waals surface area contributed by atoms with Crippen LogP contribution in [0.5, 0.6) is 0 Å². The minimum atomic E-state index is -0.689. The molecule has 4 unspecified atom stereocenters. The Morgan fingerprint density at radius 1 is 0.725 bits per heavy atom. The van der Waals surface area contributed by atoms with Gasteiger partial charge in [-0.3, -0.25) is 9.59 Å². The molecule has 0 aromatic heterocycles. The van der Waals surface area contributed by atoms with E-state index in [0.717, 1.165) is 16.8 Å². The lowest BCUT2D eigenvalue weighted by Crippen LogP contribution is -2.42. The molecule has 2 amide bonds. The van der Waals surface area contributed by atoms with Gasteiger partial charge >= 0.3 is 0 Å². The summed E-state index contributed by atoms with van der Waals surface area (Å²) in [7, 11) is 0. The van der Waals surface area contributed by atoms with E-state index in [1.165, 1.54) is 12.1 Å². The van der Waals surface area contributed by atoms with E-state index >= 15 is 0 Å². The van der Waals surface area contributed by atoms with Crippen molar-refractivity contribution in [1.29, 1.82) is 0 Å². The van der Waals surface area contributed by atoms with Gasteiger partial charge in [-0.05, 0) is 85.6 Å². The maximum absolute atomic E-state index is 13.6. The Kier molecular flexibility index (Phi) is 8.71. The summed E-state index contributed by atoms with van der Waals surface area (Å²) in [6, 6.07) is 20.1. The van der Waals surface area contributed by atoms with Crippen molar-refractivity contribution in [3.8, 4) is 0 Å². The zero-order valence-electron chi connectivity index (χ0n) is 22.0. The van der Waals surface area contributed by atoms with E-state index in [-0.39, 0.29) is 17.6 Å². The lowest BCUT2D eigenvalue weighted by molar-refractivity contribution is -0.120. The van der Waals surface area contributed by atoms with E-state index in [9.17, 15) is 24.2 Å². The third-order valence-electron chi connectivity index (χ3n) is 7.32. The molecule has 3 aromatic carbocycles. The van der Waals surface area contributed by atoms with Gasteiger partial charge in [-0.1, -0.05) is 24.3 Å². The van der Waals surface area contributed by atoms with E-state index in [1.807, 2.05) is 48.5 Å². The number of nitrogens with one attached hydrogen (secondary N) is 4. The van der Waals surface area contributed by atoms with Crippen LogP contribution in [-0.2, 0) is 22.7 Å². The smallest absolute Gasteiger partial charge is 0.244 e. The molecule has 0 spiro atoms. The van der Waals surface area contributed by atoms with Gasteiger partial charge in [0.05, 0.1) is 12.2 Å². The summed E-state index contributed by atoms with van der Waals surface area (Å²) >= 11 is 0. The van der Waals surface area contributed by atoms with Crippen LogP contribution in [-0.4, -0.2) is 59.4 Å². The number of carbonyl (C=O) groups is 2. The first-order valence-electron chi connectivity index (χ1n) is 13.5. The number of hydrogen-bond acceptors (Lipinski definition) is 7. The molecular formula is C30H34FN5O4. The number of carbonyl (C=O) groups excluding carboxylic acids is 2. The van der Waals surface area contributed by atoms with Crippen molar-refractivity contribution in [2.24, 2.45) is 0 Å². The zero-order chi connectivity index (χ0) is 28.1. The van der Waals surface area contributed by atoms with Crippen LogP contribution in [0.25, 0.3) is 0 Å². The Morgan fingerprint density at radius 3 is 1.52 bits per heavy atom. The average Bonchev–Trinajstić information content (AvgIpc) is 3.58. The van der Waals surface area contributed by atoms with Crippen molar-refractivity contribution in [1.82, 2.24) is 10.6 Å². The van der Waals surface area contributed by atoms with Gasteiger partial charge in [-0.15, -0.1) is 0 Å². The molecule has 2 saturated heterocycles. The number of nitrogens with zero attached hydrogens (tertiary/aromatic N) is 1. The number of anilines is 3. The first-order chi connectivity index (χ1) is 19.4. The highest BCUT2D eigenvalue weighted by atomic mass is 19.1. The summed E-state index contributed by atoms with van der Waals surface area (Å²) in [6.07, 6.45) is -0.275. The second-order valence-corrected chi connectivity index (χ2v) is 10.3. The molecule has 2 heterocycles. The standard InChI is InChI=1S/C30H34FN5O4/c31-21-5-11-24(12-6-21)36(17-19-1-7-22(8-2-19)34-29(39)27-25(37)13-15-32-27)18-20-3-9-23(10-4-20)35-30(40)28-26(38)14-16-33-28/h1-12,25-28,32-33,37-38H,13-18H2,(H,34,39)(H,35,40). The molecule has 0 aliphatic carbocycles. The number of rotatable bonds is 9. The van der Waals surface area contributed by atoms with Crippen molar-refractivity contribution in [3.63, 3.8) is 0 Å². The van der Waals surface area contributed by atoms with Crippen molar-refractivity contribution in [3.05, 3.63) is 89.7 Å². The van der Waals surface area contributed by atoms with Gasteiger partial charge in [0.15, 0.2) is 0 Å². The fourth-order valence-electron chi connectivity index (χ4n) is 5.07. The van der Waals surface area contributed by atoms with Crippen LogP contribution in [0.15, 0.2) is 72.8 Å². The monoisotopic (exact) mass is 547 g/mol. The number of halogens is 1. The Balaban J connectivity index is 1.24. The van der Waals surface area contributed by atoms with Crippen LogP contribution in [0.3, 0.4) is 0 Å². The molecule has 4 atom stereocenters. The summed E-state index contributed by atoms with van der Waals surface area (Å²) in [6.45, 7) is 2.28. The first kappa shape index (κ1) is 27.7. The van der Waals surface area contributed by atoms with Crippen LogP contribution in [0, 0.1) is 5.82 Å². The van der Waals surface area contributed by atoms with Crippen LogP contribution in [0.1, 0.15) is 24.0 Å². The van der Waals surface area contributed by atoms with Gasteiger partial charge < -0.3 is 36.4 Å². The van der Waals surface area contributed by atoms with Crippen LogP contribution in [0.4, 0.5) is 21.5 Å². The molecule has 210 valence electrons. The fourth-order valence-corrected chi connectivity index (χ4v) is 5.07. The zero-order valence-corrected chi connectivity index (χ0v) is 22.0. The molecular weight excluding hydrogens is 513 g/mol. The number of benzene rings is 3. The second-order valence-electron chi connectivity index (χ2n) is 10.3. The maximum Gasteiger partial charge on any atom is 0.244 e. The van der Waals surface area contributed by atoms with Gasteiger partial charge in [0.1, 0.15) is 17.9 Å². The van der Waals surface area contributed by atoms with E-state index in [1.54, 1.807) is 12.1 Å².